The summed E-state index contributed by atoms with van der Waals surface area (Å²) < 4.78 is 5.25. The van der Waals surface area contributed by atoms with Gasteiger partial charge in [-0.25, -0.2) is 4.79 Å². The predicted octanol–water partition coefficient (Wildman–Crippen LogP) is 5.13. The van der Waals surface area contributed by atoms with E-state index in [1.165, 1.54) is 4.90 Å². The molecule has 1 heterocycles. The Hall–Kier alpha value is -3.74. The van der Waals surface area contributed by atoms with Crippen molar-refractivity contribution in [3.8, 4) is 0 Å². The molecule has 1 fully saturated rings. The van der Waals surface area contributed by atoms with E-state index in [-0.39, 0.29) is 29.6 Å². The normalized spacial score (nSPS) is 19.3. The zero-order valence-electron chi connectivity index (χ0n) is 20.1. The molecule has 1 N–H and O–H groups in total. The van der Waals surface area contributed by atoms with Crippen LogP contribution in [-0.2, 0) is 14.3 Å². The number of imide groups is 1. The van der Waals surface area contributed by atoms with Crippen molar-refractivity contribution >= 4 is 35.1 Å². The van der Waals surface area contributed by atoms with Gasteiger partial charge in [-0.2, -0.15) is 0 Å². The second-order valence-corrected chi connectivity index (χ2v) is 9.14. The maximum Gasteiger partial charge on any atom is 0.338 e. The van der Waals surface area contributed by atoms with Gasteiger partial charge in [0.15, 0.2) is 0 Å². The molecule has 2 aromatic carbocycles. The maximum atomic E-state index is 13.0. The van der Waals surface area contributed by atoms with Crippen LogP contribution in [0.25, 0.3) is 0 Å². The average molecular weight is 475 g/mol. The number of nitrogens with zero attached hydrogens (tertiary/aromatic N) is 1. The zero-order chi connectivity index (χ0) is 24.9. The minimum absolute atomic E-state index is 0.206. The molecule has 0 spiro atoms. The number of fused-ring (bicyclic) bond motifs is 1. The lowest BCUT2D eigenvalue weighted by molar-refractivity contribution is -0.122. The minimum Gasteiger partial charge on any atom is -0.462 e. The largest absolute Gasteiger partial charge is 0.462 e. The van der Waals surface area contributed by atoms with E-state index in [4.69, 9.17) is 4.74 Å². The van der Waals surface area contributed by atoms with Crippen LogP contribution in [0.3, 0.4) is 0 Å². The van der Waals surface area contributed by atoms with Gasteiger partial charge in [0.2, 0.25) is 11.8 Å². The summed E-state index contributed by atoms with van der Waals surface area (Å²) in [5, 5.41) is 2.79. The zero-order valence-corrected chi connectivity index (χ0v) is 20.1. The number of carbonyl (C=O) groups excluding carboxylic acids is 4. The van der Waals surface area contributed by atoms with Crippen LogP contribution in [0, 0.1) is 11.8 Å². The molecule has 182 valence electrons. The number of amides is 3. The van der Waals surface area contributed by atoms with Gasteiger partial charge in [0.05, 0.1) is 29.7 Å². The topological polar surface area (TPSA) is 92.8 Å². The van der Waals surface area contributed by atoms with Crippen LogP contribution in [0.5, 0.6) is 0 Å². The van der Waals surface area contributed by atoms with Crippen LogP contribution in [0.1, 0.15) is 66.7 Å². The molecule has 0 unspecified atom stereocenters. The molecule has 7 nitrogen and oxygen atoms in total. The number of unbranched alkanes of at least 4 members (excludes halogenated alkanes) is 2. The summed E-state index contributed by atoms with van der Waals surface area (Å²) in [5.41, 5.74) is 2.79. The second kappa shape index (κ2) is 10.7. The Bertz CT molecular complexity index is 1170. The molecule has 0 radical (unpaired) electrons. The van der Waals surface area contributed by atoms with Crippen molar-refractivity contribution in [2.75, 3.05) is 16.8 Å². The number of rotatable bonds is 8. The molecule has 2 atom stereocenters. The quantitative estimate of drug-likeness (QED) is 0.248. The summed E-state index contributed by atoms with van der Waals surface area (Å²) in [6, 6.07) is 13.0. The molecule has 2 aromatic rings. The fourth-order valence-electron chi connectivity index (χ4n) is 4.57. The molecular weight excluding hydrogens is 444 g/mol. The van der Waals surface area contributed by atoms with Gasteiger partial charge in [-0.3, -0.25) is 19.3 Å². The lowest BCUT2D eigenvalue weighted by Crippen LogP contribution is -2.31. The Morgan fingerprint density at radius 2 is 1.74 bits per heavy atom. The molecule has 1 aliphatic carbocycles. The Morgan fingerprint density at radius 1 is 1.00 bits per heavy atom. The first kappa shape index (κ1) is 24.4. The number of carbonyl (C=O) groups is 4. The lowest BCUT2D eigenvalue weighted by Gasteiger charge is -2.18. The first-order valence-electron chi connectivity index (χ1n) is 12.1. The first-order chi connectivity index (χ1) is 16.9. The highest BCUT2D eigenvalue weighted by Gasteiger charge is 2.48. The minimum atomic E-state index is -0.391. The van der Waals surface area contributed by atoms with Crippen molar-refractivity contribution < 1.29 is 23.9 Å². The molecule has 0 bridgehead atoms. The van der Waals surface area contributed by atoms with E-state index in [0.717, 1.165) is 24.8 Å². The van der Waals surface area contributed by atoms with Crippen LogP contribution >= 0.6 is 0 Å². The van der Waals surface area contributed by atoms with E-state index in [0.29, 0.717) is 42.0 Å². The number of ether oxygens (including phenoxy) is 1. The van der Waals surface area contributed by atoms with Crippen LogP contribution in [0.4, 0.5) is 11.4 Å². The Morgan fingerprint density at radius 3 is 2.49 bits per heavy atom. The summed E-state index contributed by atoms with van der Waals surface area (Å²) in [4.78, 5) is 52.1. The summed E-state index contributed by atoms with van der Waals surface area (Å²) in [7, 11) is 0. The number of allylic oxidation sites excluding steroid dienone is 2. The average Bonchev–Trinajstić information content (AvgIpc) is 3.11. The lowest BCUT2D eigenvalue weighted by atomic mass is 9.82. The summed E-state index contributed by atoms with van der Waals surface area (Å²) in [5.74, 6) is -1.85. The van der Waals surface area contributed by atoms with E-state index in [1.807, 2.05) is 13.0 Å². The highest BCUT2D eigenvalue weighted by molar-refractivity contribution is 6.22. The molecule has 0 saturated carbocycles. The third-order valence-corrected chi connectivity index (χ3v) is 6.55. The molecular formula is C28H30N2O5. The van der Waals surface area contributed by atoms with Gasteiger partial charge in [0, 0.05) is 11.3 Å². The Balaban J connectivity index is 1.41. The summed E-state index contributed by atoms with van der Waals surface area (Å²) >= 11 is 0. The van der Waals surface area contributed by atoms with E-state index >= 15 is 0 Å². The van der Waals surface area contributed by atoms with E-state index in [9.17, 15) is 19.2 Å². The number of anilines is 2. The predicted molar refractivity (Wildman–Crippen MR) is 133 cm³/mol. The van der Waals surface area contributed by atoms with Crippen molar-refractivity contribution in [2.45, 2.75) is 46.0 Å². The van der Waals surface area contributed by atoms with Crippen LogP contribution in [0.2, 0.25) is 0 Å². The van der Waals surface area contributed by atoms with Crippen LogP contribution in [0.15, 0.2) is 60.2 Å². The van der Waals surface area contributed by atoms with E-state index in [2.05, 4.69) is 12.2 Å². The standard InChI is InChI=1S/C28H30N2O5/c1-3-4-5-15-35-28(34)19-10-12-21(13-11-19)29-25(31)20-7-6-8-22(17-20)30-26(32)23-14-9-18(2)16-24(23)27(30)33/h6-13,17,23-24H,3-5,14-16H2,1-2H3,(H,29,31)/t23-,24-/m1/s1. The van der Waals surface area contributed by atoms with Gasteiger partial charge in [-0.05, 0) is 68.7 Å². The third kappa shape index (κ3) is 5.34. The highest BCUT2D eigenvalue weighted by Crippen LogP contribution is 2.39. The van der Waals surface area contributed by atoms with Crippen molar-refractivity contribution in [3.05, 3.63) is 71.3 Å². The fraction of sp³-hybridized carbons (Fsp3) is 0.357. The van der Waals surface area contributed by atoms with Crippen molar-refractivity contribution in [1.82, 2.24) is 0 Å². The fourth-order valence-corrected chi connectivity index (χ4v) is 4.57. The summed E-state index contributed by atoms with van der Waals surface area (Å²) in [6.07, 6.45) is 6.09. The molecule has 2 aliphatic rings. The van der Waals surface area contributed by atoms with Gasteiger partial charge in [0.1, 0.15) is 0 Å². The molecule has 0 aromatic heterocycles. The number of esters is 1. The monoisotopic (exact) mass is 474 g/mol. The number of benzene rings is 2. The number of hydrogen-bond acceptors (Lipinski definition) is 5. The molecule has 1 saturated heterocycles. The summed E-state index contributed by atoms with van der Waals surface area (Å²) in [6.45, 7) is 4.45. The van der Waals surface area contributed by atoms with Gasteiger partial charge >= 0.3 is 5.97 Å². The van der Waals surface area contributed by atoms with Crippen LogP contribution in [-0.4, -0.2) is 30.3 Å². The smallest absolute Gasteiger partial charge is 0.338 e. The van der Waals surface area contributed by atoms with E-state index in [1.54, 1.807) is 48.5 Å². The van der Waals surface area contributed by atoms with Crippen molar-refractivity contribution in [2.24, 2.45) is 11.8 Å². The molecule has 4 rings (SSSR count). The third-order valence-electron chi connectivity index (χ3n) is 6.55. The first-order valence-corrected chi connectivity index (χ1v) is 12.1. The van der Waals surface area contributed by atoms with Crippen molar-refractivity contribution in [1.29, 1.82) is 0 Å². The van der Waals surface area contributed by atoms with Crippen molar-refractivity contribution in [3.63, 3.8) is 0 Å². The van der Waals surface area contributed by atoms with Crippen LogP contribution < -0.4 is 10.2 Å². The molecule has 1 aliphatic heterocycles. The highest BCUT2D eigenvalue weighted by atomic mass is 16.5. The molecule has 35 heavy (non-hydrogen) atoms. The van der Waals surface area contributed by atoms with E-state index < -0.39 is 5.97 Å². The molecule has 7 heteroatoms. The SMILES string of the molecule is CCCCCOC(=O)c1ccc(NC(=O)c2cccc(N3C(=O)[C@@H]4CC=C(C)C[C@H]4C3=O)c2)cc1. The molecule has 3 amide bonds. The van der Waals surface area contributed by atoms with Gasteiger partial charge < -0.3 is 10.1 Å². The number of nitrogens with one attached hydrogen (secondary N) is 1. The second-order valence-electron chi connectivity index (χ2n) is 9.14. The Labute approximate surface area is 205 Å². The van der Waals surface area contributed by atoms with Gasteiger partial charge in [-0.15, -0.1) is 0 Å². The Kier molecular flexibility index (Phi) is 7.44. The van der Waals surface area contributed by atoms with Gasteiger partial charge in [0.25, 0.3) is 5.91 Å². The number of hydrogen-bond donors (Lipinski definition) is 1. The maximum absolute atomic E-state index is 13.0. The van der Waals surface area contributed by atoms with Gasteiger partial charge in [-0.1, -0.05) is 37.5 Å².